The zero-order valence-electron chi connectivity index (χ0n) is 20.5. The van der Waals surface area contributed by atoms with Gasteiger partial charge < -0.3 is 15.4 Å². The van der Waals surface area contributed by atoms with E-state index in [4.69, 9.17) is 38.7 Å². The predicted molar refractivity (Wildman–Crippen MR) is 148 cm³/mol. The quantitative estimate of drug-likeness (QED) is 0.329. The van der Waals surface area contributed by atoms with Crippen molar-refractivity contribution in [3.05, 3.63) is 79.8 Å². The van der Waals surface area contributed by atoms with Gasteiger partial charge in [-0.05, 0) is 67.0 Å². The SMILES string of the molecule is COCCSc1ccc2c(c1)[C@@H](N)C1(CCN(c3cc(=O)n(-c4cccc(Cl)c4Cl)c(C)n3)CC1)C2. The third kappa shape index (κ3) is 4.68. The summed E-state index contributed by atoms with van der Waals surface area (Å²) in [4.78, 5) is 21.3. The zero-order valence-corrected chi connectivity index (χ0v) is 22.8. The molecule has 0 radical (unpaired) electrons. The smallest absolute Gasteiger partial charge is 0.260 e. The second-order valence-electron chi connectivity index (χ2n) is 9.61. The lowest BCUT2D eigenvalue weighted by Gasteiger charge is -2.42. The number of halogens is 2. The van der Waals surface area contributed by atoms with E-state index in [1.54, 1.807) is 43.1 Å². The zero-order chi connectivity index (χ0) is 25.4. The van der Waals surface area contributed by atoms with E-state index in [-0.39, 0.29) is 17.0 Å². The third-order valence-corrected chi connectivity index (χ3v) is 9.31. The van der Waals surface area contributed by atoms with Gasteiger partial charge >= 0.3 is 0 Å². The van der Waals surface area contributed by atoms with Crippen molar-refractivity contribution in [3.8, 4) is 5.69 Å². The highest BCUT2D eigenvalue weighted by molar-refractivity contribution is 7.99. The number of fused-ring (bicyclic) bond motifs is 1. The molecule has 0 saturated carbocycles. The summed E-state index contributed by atoms with van der Waals surface area (Å²) in [6, 6.07) is 13.6. The molecular weight excluding hydrogens is 515 g/mol. The Kier molecular flexibility index (Phi) is 7.39. The first-order valence-corrected chi connectivity index (χ1v) is 13.9. The summed E-state index contributed by atoms with van der Waals surface area (Å²) >= 11 is 14.4. The molecule has 190 valence electrons. The molecule has 1 spiro atoms. The first kappa shape index (κ1) is 25.6. The standard InChI is InChI=1S/C27H30Cl2N4O2S/c1-17-31-23(15-24(34)33(17)22-5-3-4-21(28)25(22)29)32-10-8-27(9-11-32)16-18-6-7-19(36-13-12-35-2)14-20(18)26(27)30/h3-7,14-15,26H,8-13,16,30H2,1-2H3/t26-/m1/s1. The number of hydrogen-bond acceptors (Lipinski definition) is 6. The molecule has 2 aliphatic rings. The molecule has 1 atom stereocenters. The number of methoxy groups -OCH3 is 1. The predicted octanol–water partition coefficient (Wildman–Crippen LogP) is 5.43. The van der Waals surface area contributed by atoms with Crippen molar-refractivity contribution in [3.63, 3.8) is 0 Å². The normalized spacial score (nSPS) is 18.6. The van der Waals surface area contributed by atoms with E-state index < -0.39 is 0 Å². The van der Waals surface area contributed by atoms with Crippen LogP contribution in [0.4, 0.5) is 5.82 Å². The van der Waals surface area contributed by atoms with Crippen LogP contribution >= 0.6 is 35.0 Å². The van der Waals surface area contributed by atoms with Crippen molar-refractivity contribution in [2.24, 2.45) is 11.1 Å². The molecule has 0 amide bonds. The van der Waals surface area contributed by atoms with Gasteiger partial charge in [0.1, 0.15) is 11.6 Å². The van der Waals surface area contributed by atoms with Gasteiger partial charge in [-0.25, -0.2) is 4.98 Å². The van der Waals surface area contributed by atoms with E-state index in [1.165, 1.54) is 20.6 Å². The van der Waals surface area contributed by atoms with Crippen LogP contribution in [-0.2, 0) is 11.2 Å². The summed E-state index contributed by atoms with van der Waals surface area (Å²) in [5.41, 5.74) is 9.93. The Morgan fingerprint density at radius 1 is 1.19 bits per heavy atom. The first-order chi connectivity index (χ1) is 17.3. The highest BCUT2D eigenvalue weighted by Gasteiger charge is 2.46. The van der Waals surface area contributed by atoms with Crippen LogP contribution in [-0.4, -0.2) is 42.1 Å². The minimum Gasteiger partial charge on any atom is -0.384 e. The summed E-state index contributed by atoms with van der Waals surface area (Å²) in [6.07, 6.45) is 2.92. The van der Waals surface area contributed by atoms with Crippen LogP contribution < -0.4 is 16.2 Å². The summed E-state index contributed by atoms with van der Waals surface area (Å²) < 4.78 is 6.69. The van der Waals surface area contributed by atoms with Gasteiger partial charge in [-0.15, -0.1) is 11.8 Å². The van der Waals surface area contributed by atoms with Crippen LogP contribution in [0.5, 0.6) is 0 Å². The number of hydrogen-bond donors (Lipinski definition) is 1. The molecule has 5 rings (SSSR count). The lowest BCUT2D eigenvalue weighted by Crippen LogP contribution is -2.45. The van der Waals surface area contributed by atoms with Crippen LogP contribution in [0.25, 0.3) is 5.69 Å². The van der Waals surface area contributed by atoms with Gasteiger partial charge in [0, 0.05) is 43.0 Å². The number of aryl methyl sites for hydroxylation is 1. The molecular formula is C27H30Cl2N4O2S. The lowest BCUT2D eigenvalue weighted by atomic mass is 9.73. The maximum atomic E-state index is 13.1. The van der Waals surface area contributed by atoms with Gasteiger partial charge in [-0.1, -0.05) is 35.3 Å². The molecule has 1 aliphatic carbocycles. The number of anilines is 1. The van der Waals surface area contributed by atoms with Crippen molar-refractivity contribution >= 4 is 40.8 Å². The number of piperidine rings is 1. The average Bonchev–Trinajstić information content (AvgIpc) is 3.12. The second-order valence-corrected chi connectivity index (χ2v) is 11.6. The Hall–Kier alpha value is -2.03. The molecule has 0 unspecified atom stereocenters. The Bertz CT molecular complexity index is 1340. The molecule has 1 fully saturated rings. The number of ether oxygens (including phenoxy) is 1. The highest BCUT2D eigenvalue weighted by Crippen LogP contribution is 2.51. The minimum atomic E-state index is -0.176. The number of aromatic nitrogens is 2. The van der Waals surface area contributed by atoms with E-state index in [0.29, 0.717) is 27.4 Å². The van der Waals surface area contributed by atoms with Crippen LogP contribution in [0.2, 0.25) is 10.0 Å². The summed E-state index contributed by atoms with van der Waals surface area (Å²) in [6.45, 7) is 4.17. The van der Waals surface area contributed by atoms with E-state index in [2.05, 4.69) is 23.1 Å². The topological polar surface area (TPSA) is 73.4 Å². The van der Waals surface area contributed by atoms with Crippen molar-refractivity contribution in [1.82, 2.24) is 9.55 Å². The van der Waals surface area contributed by atoms with Gasteiger partial charge in [0.25, 0.3) is 5.56 Å². The van der Waals surface area contributed by atoms with E-state index >= 15 is 0 Å². The Morgan fingerprint density at radius 3 is 2.69 bits per heavy atom. The van der Waals surface area contributed by atoms with Gasteiger partial charge in [0.05, 0.1) is 22.3 Å². The molecule has 2 N–H and O–H groups in total. The van der Waals surface area contributed by atoms with Gasteiger partial charge in [-0.3, -0.25) is 9.36 Å². The maximum Gasteiger partial charge on any atom is 0.260 e. The van der Waals surface area contributed by atoms with Crippen LogP contribution in [0, 0.1) is 12.3 Å². The van der Waals surface area contributed by atoms with E-state index in [1.807, 2.05) is 6.92 Å². The fraction of sp³-hybridized carbons (Fsp3) is 0.407. The number of nitrogens with two attached hydrogens (primary N) is 1. The molecule has 1 aromatic heterocycles. The molecule has 0 bridgehead atoms. The Labute approximate surface area is 225 Å². The molecule has 1 aliphatic heterocycles. The van der Waals surface area contributed by atoms with Gasteiger partial charge in [-0.2, -0.15) is 0 Å². The fourth-order valence-electron chi connectivity index (χ4n) is 5.55. The van der Waals surface area contributed by atoms with Gasteiger partial charge in [0.2, 0.25) is 0 Å². The van der Waals surface area contributed by atoms with Crippen LogP contribution in [0.1, 0.15) is 35.8 Å². The number of benzene rings is 2. The van der Waals surface area contributed by atoms with Crippen LogP contribution in [0.3, 0.4) is 0 Å². The number of nitrogens with zero attached hydrogens (tertiary/aromatic N) is 3. The molecule has 2 aromatic carbocycles. The Morgan fingerprint density at radius 2 is 1.97 bits per heavy atom. The molecule has 36 heavy (non-hydrogen) atoms. The van der Waals surface area contributed by atoms with Crippen molar-refractivity contribution in [1.29, 1.82) is 0 Å². The van der Waals surface area contributed by atoms with Crippen molar-refractivity contribution in [2.75, 3.05) is 37.5 Å². The molecule has 9 heteroatoms. The monoisotopic (exact) mass is 544 g/mol. The number of thioether (sulfide) groups is 1. The maximum absolute atomic E-state index is 13.1. The van der Waals surface area contributed by atoms with E-state index in [0.717, 1.165) is 44.7 Å². The molecule has 3 aromatic rings. The number of rotatable bonds is 6. The largest absolute Gasteiger partial charge is 0.384 e. The summed E-state index contributed by atoms with van der Waals surface area (Å²) in [7, 11) is 1.73. The lowest BCUT2D eigenvalue weighted by molar-refractivity contribution is 0.187. The average molecular weight is 546 g/mol. The molecule has 1 saturated heterocycles. The summed E-state index contributed by atoms with van der Waals surface area (Å²) in [5.74, 6) is 2.20. The van der Waals surface area contributed by atoms with Crippen molar-refractivity contribution in [2.45, 2.75) is 37.1 Å². The van der Waals surface area contributed by atoms with Gasteiger partial charge in [0.15, 0.2) is 0 Å². The molecule has 2 heterocycles. The molecule has 6 nitrogen and oxygen atoms in total. The third-order valence-electron chi connectivity index (χ3n) is 7.54. The van der Waals surface area contributed by atoms with Crippen molar-refractivity contribution < 1.29 is 4.74 Å². The Balaban J connectivity index is 1.32. The van der Waals surface area contributed by atoms with E-state index in [9.17, 15) is 4.79 Å². The fourth-order valence-corrected chi connectivity index (χ4v) is 6.79. The highest BCUT2D eigenvalue weighted by atomic mass is 35.5. The van der Waals surface area contributed by atoms with Crippen LogP contribution in [0.15, 0.2) is 52.2 Å². The summed E-state index contributed by atoms with van der Waals surface area (Å²) in [5, 5.41) is 0.745. The second kappa shape index (κ2) is 10.4. The first-order valence-electron chi connectivity index (χ1n) is 12.1. The minimum absolute atomic E-state index is 0.0188.